The van der Waals surface area contributed by atoms with E-state index in [9.17, 15) is 13.2 Å². The predicted molar refractivity (Wildman–Crippen MR) is 142 cm³/mol. The van der Waals surface area contributed by atoms with Gasteiger partial charge in [-0.2, -0.15) is 0 Å². The molecule has 188 valence electrons. The maximum atomic E-state index is 13.4. The number of nitrogens with zero attached hydrogens (tertiary/aromatic N) is 4. The fourth-order valence-corrected chi connectivity index (χ4v) is 9.25. The third-order valence-electron chi connectivity index (χ3n) is 8.01. The second-order valence-corrected chi connectivity index (χ2v) is 13.4. The summed E-state index contributed by atoms with van der Waals surface area (Å²) in [5.74, 6) is 1.10. The minimum Gasteiger partial charge on any atom is -0.379 e. The minimum atomic E-state index is -3.28. The molecule has 8 nitrogen and oxygen atoms in total. The van der Waals surface area contributed by atoms with Gasteiger partial charge in [-0.3, -0.25) is 14.7 Å². The van der Waals surface area contributed by atoms with Crippen molar-refractivity contribution in [1.29, 1.82) is 0 Å². The van der Waals surface area contributed by atoms with Crippen molar-refractivity contribution in [3.63, 3.8) is 0 Å². The van der Waals surface area contributed by atoms with Crippen molar-refractivity contribution >= 4 is 49.1 Å². The summed E-state index contributed by atoms with van der Waals surface area (Å²) < 4.78 is 28.8. The molecule has 35 heavy (non-hydrogen) atoms. The monoisotopic (exact) mass is 515 g/mol. The van der Waals surface area contributed by atoms with E-state index in [4.69, 9.17) is 4.99 Å². The third kappa shape index (κ3) is 4.38. The highest BCUT2D eigenvalue weighted by atomic mass is 32.2. The van der Waals surface area contributed by atoms with Gasteiger partial charge in [0.15, 0.2) is 9.84 Å². The van der Waals surface area contributed by atoms with Gasteiger partial charge in [0, 0.05) is 56.8 Å². The Balaban J connectivity index is 1.24. The first kappa shape index (κ1) is 23.4. The van der Waals surface area contributed by atoms with Gasteiger partial charge in [-0.05, 0) is 37.8 Å². The van der Waals surface area contributed by atoms with Crippen LogP contribution in [0.1, 0.15) is 38.3 Å². The Bertz CT molecular complexity index is 1280. The number of sulfone groups is 1. The largest absolute Gasteiger partial charge is 0.379 e. The number of anilines is 1. The molecule has 3 atom stereocenters. The van der Waals surface area contributed by atoms with Crippen LogP contribution in [-0.4, -0.2) is 89.5 Å². The van der Waals surface area contributed by atoms with Crippen molar-refractivity contribution < 1.29 is 13.2 Å². The van der Waals surface area contributed by atoms with Crippen LogP contribution in [-0.2, 0) is 20.5 Å². The SMILES string of the molecule is CC(=O)N1CCN(CCC2CSC(c3cc4cccc5c4n3CS(=O)(=O)C3CCCC3N5)=N2)CC1. The highest BCUT2D eigenvalue weighted by Crippen LogP contribution is 2.38. The molecular weight excluding hydrogens is 482 g/mol. The summed E-state index contributed by atoms with van der Waals surface area (Å²) in [5.41, 5.74) is 2.94. The van der Waals surface area contributed by atoms with Crippen molar-refractivity contribution in [3.05, 3.63) is 30.0 Å². The first-order chi connectivity index (χ1) is 16.9. The predicted octanol–water partition coefficient (Wildman–Crippen LogP) is 2.78. The fraction of sp³-hybridized carbons (Fsp3) is 0.600. The van der Waals surface area contributed by atoms with Gasteiger partial charge < -0.3 is 14.8 Å². The number of fused-ring (bicyclic) bond motifs is 1. The molecule has 1 aromatic carbocycles. The van der Waals surface area contributed by atoms with Crippen molar-refractivity contribution in [3.8, 4) is 0 Å². The van der Waals surface area contributed by atoms with Crippen molar-refractivity contribution in [2.45, 2.75) is 55.8 Å². The molecule has 2 fully saturated rings. The first-order valence-electron chi connectivity index (χ1n) is 12.7. The summed E-state index contributed by atoms with van der Waals surface area (Å²) in [5, 5.41) is 5.28. The normalized spacial score (nSPS) is 28.3. The van der Waals surface area contributed by atoms with Crippen LogP contribution in [0.2, 0.25) is 0 Å². The van der Waals surface area contributed by atoms with E-state index < -0.39 is 9.84 Å². The number of thioether (sulfide) groups is 1. The summed E-state index contributed by atoms with van der Waals surface area (Å²) in [4.78, 5) is 21.0. The molecule has 0 radical (unpaired) electrons. The summed E-state index contributed by atoms with van der Waals surface area (Å²) in [6, 6.07) is 8.54. The molecule has 3 unspecified atom stereocenters. The molecule has 0 spiro atoms. The minimum absolute atomic E-state index is 0.00223. The van der Waals surface area contributed by atoms with Gasteiger partial charge in [0.2, 0.25) is 5.91 Å². The zero-order chi connectivity index (χ0) is 24.2. The summed E-state index contributed by atoms with van der Waals surface area (Å²) in [6.45, 7) is 6.05. The van der Waals surface area contributed by atoms with Gasteiger partial charge in [-0.15, -0.1) is 11.8 Å². The van der Waals surface area contributed by atoms with Gasteiger partial charge in [0.25, 0.3) is 0 Å². The maximum absolute atomic E-state index is 13.4. The third-order valence-corrected chi connectivity index (χ3v) is 11.3. The van der Waals surface area contributed by atoms with Crippen LogP contribution in [0.5, 0.6) is 0 Å². The fourth-order valence-electron chi connectivity index (χ4n) is 6.07. The Labute approximate surface area is 211 Å². The standard InChI is InChI=1S/C25H33N5O3S2/c1-17(31)29-12-10-28(11-13-29)9-8-19-15-34-25(26-19)22-14-18-4-2-6-21-24(18)30(22)16-35(32,33)23-7-3-5-20(23)27-21/h2,4,6,14,19-20,23,27H,3,5,7-13,15-16H2,1H3. The number of nitrogens with one attached hydrogen (secondary N) is 1. The molecule has 4 aliphatic rings. The van der Waals surface area contributed by atoms with E-state index in [1.54, 1.807) is 18.7 Å². The van der Waals surface area contributed by atoms with E-state index in [0.29, 0.717) is 0 Å². The van der Waals surface area contributed by atoms with Gasteiger partial charge in [-0.1, -0.05) is 12.1 Å². The molecule has 1 aromatic heterocycles. The van der Waals surface area contributed by atoms with Crippen LogP contribution >= 0.6 is 11.8 Å². The number of aromatic nitrogens is 1. The number of piperazine rings is 1. The number of hydrogen-bond acceptors (Lipinski definition) is 7. The lowest BCUT2D eigenvalue weighted by molar-refractivity contribution is -0.130. The van der Waals surface area contributed by atoms with Crippen molar-refractivity contribution in [1.82, 2.24) is 14.4 Å². The Morgan fingerprint density at radius 1 is 1.20 bits per heavy atom. The Kier molecular flexibility index (Phi) is 6.09. The summed E-state index contributed by atoms with van der Waals surface area (Å²) in [7, 11) is -3.28. The molecule has 1 saturated heterocycles. The van der Waals surface area contributed by atoms with Crippen molar-refractivity contribution in [2.24, 2.45) is 4.99 Å². The van der Waals surface area contributed by atoms with Crippen LogP contribution in [0.15, 0.2) is 29.3 Å². The van der Waals surface area contributed by atoms with E-state index in [0.717, 1.165) is 91.5 Å². The van der Waals surface area contributed by atoms with E-state index in [1.165, 1.54) is 0 Å². The number of amides is 1. The van der Waals surface area contributed by atoms with Crippen LogP contribution in [0.4, 0.5) is 5.69 Å². The van der Waals surface area contributed by atoms with Crippen LogP contribution in [0.25, 0.3) is 10.9 Å². The lowest BCUT2D eigenvalue weighted by Gasteiger charge is -2.34. The number of carbonyl (C=O) groups is 1. The number of aliphatic imine (C=N–C) groups is 1. The van der Waals surface area contributed by atoms with E-state index in [2.05, 4.69) is 34.5 Å². The zero-order valence-electron chi connectivity index (χ0n) is 20.1. The molecule has 1 aliphatic carbocycles. The zero-order valence-corrected chi connectivity index (χ0v) is 21.8. The molecule has 4 heterocycles. The molecule has 3 aliphatic heterocycles. The summed E-state index contributed by atoms with van der Waals surface area (Å²) >= 11 is 1.74. The van der Waals surface area contributed by atoms with Gasteiger partial charge >= 0.3 is 0 Å². The Morgan fingerprint density at radius 2 is 2.03 bits per heavy atom. The molecule has 10 heteroatoms. The number of rotatable bonds is 4. The van der Waals surface area contributed by atoms with Crippen molar-refractivity contribution in [2.75, 3.05) is 43.8 Å². The molecule has 1 saturated carbocycles. The van der Waals surface area contributed by atoms with E-state index in [-0.39, 0.29) is 29.1 Å². The molecule has 6 rings (SSSR count). The van der Waals surface area contributed by atoms with Gasteiger partial charge in [0.05, 0.1) is 28.2 Å². The maximum Gasteiger partial charge on any atom is 0.219 e. The second-order valence-electron chi connectivity index (χ2n) is 10.2. The Morgan fingerprint density at radius 3 is 2.83 bits per heavy atom. The van der Waals surface area contributed by atoms with E-state index in [1.807, 2.05) is 9.47 Å². The lowest BCUT2D eigenvalue weighted by atomic mass is 10.2. The van der Waals surface area contributed by atoms with Gasteiger partial charge in [-0.25, -0.2) is 8.42 Å². The quantitative estimate of drug-likeness (QED) is 0.674. The summed E-state index contributed by atoms with van der Waals surface area (Å²) in [6.07, 6.45) is 3.57. The molecule has 1 amide bonds. The second kappa shape index (κ2) is 9.12. The van der Waals surface area contributed by atoms with Crippen LogP contribution in [0, 0.1) is 0 Å². The number of benzene rings is 1. The van der Waals surface area contributed by atoms with Crippen LogP contribution in [0.3, 0.4) is 0 Å². The highest BCUT2D eigenvalue weighted by molar-refractivity contribution is 8.14. The molecule has 1 N–H and O–H groups in total. The number of para-hydroxylation sites is 1. The number of hydrogen-bond donors (Lipinski definition) is 1. The lowest BCUT2D eigenvalue weighted by Crippen LogP contribution is -2.48. The van der Waals surface area contributed by atoms with E-state index >= 15 is 0 Å². The Hall–Kier alpha value is -2.04. The first-order valence-corrected chi connectivity index (χ1v) is 15.4. The van der Waals surface area contributed by atoms with Crippen LogP contribution < -0.4 is 5.32 Å². The molecule has 2 aromatic rings. The smallest absolute Gasteiger partial charge is 0.219 e. The van der Waals surface area contributed by atoms with Gasteiger partial charge in [0.1, 0.15) is 10.9 Å². The molecule has 0 bridgehead atoms. The average molecular weight is 516 g/mol. The average Bonchev–Trinajstić information content (AvgIpc) is 3.56. The highest BCUT2D eigenvalue weighted by Gasteiger charge is 2.40. The topological polar surface area (TPSA) is 87.0 Å². The number of carbonyl (C=O) groups excluding carboxylic acids is 1. The molecular formula is C25H33N5O3S2.